The number of allylic oxidation sites excluding steroid dienone is 6. The first-order chi connectivity index (χ1) is 11.5. The van der Waals surface area contributed by atoms with E-state index in [1.54, 1.807) is 6.08 Å². The number of phosphoric acid groups is 1. The minimum absolute atomic E-state index is 0.384. The van der Waals surface area contributed by atoms with Gasteiger partial charge in [0.2, 0.25) is 0 Å². The molecule has 0 aliphatic heterocycles. The van der Waals surface area contributed by atoms with Gasteiger partial charge in [0.1, 0.15) is 0 Å². The molecule has 0 aromatic heterocycles. The van der Waals surface area contributed by atoms with Crippen molar-refractivity contribution in [3.05, 3.63) is 46.6 Å². The van der Waals surface area contributed by atoms with E-state index < -0.39 is 13.9 Å². The van der Waals surface area contributed by atoms with E-state index in [2.05, 4.69) is 26.0 Å². The van der Waals surface area contributed by atoms with Gasteiger partial charge in [-0.1, -0.05) is 46.6 Å². The van der Waals surface area contributed by atoms with Gasteiger partial charge >= 0.3 is 0 Å². The molecule has 0 spiro atoms. The fraction of sp³-hybridized carbons (Fsp3) is 0.600. The Morgan fingerprint density at radius 2 is 1.36 bits per heavy atom. The summed E-state index contributed by atoms with van der Waals surface area (Å²) in [4.78, 5) is 22.0. The number of hydrogen-bond acceptors (Lipinski definition) is 4. The van der Waals surface area contributed by atoms with Crippen LogP contribution in [0.1, 0.15) is 73.6 Å². The van der Waals surface area contributed by atoms with Gasteiger partial charge in [0, 0.05) is 0 Å². The number of phosphoric ester groups is 1. The molecule has 1 atom stereocenters. The van der Waals surface area contributed by atoms with Gasteiger partial charge < -0.3 is 18.9 Å². The second kappa shape index (κ2) is 12.4. The van der Waals surface area contributed by atoms with Crippen molar-refractivity contribution in [2.24, 2.45) is 0 Å². The zero-order valence-corrected chi connectivity index (χ0v) is 17.4. The summed E-state index contributed by atoms with van der Waals surface area (Å²) in [6, 6.07) is 0. The highest BCUT2D eigenvalue weighted by atomic mass is 31.2. The summed E-state index contributed by atoms with van der Waals surface area (Å²) in [5.41, 5.74) is 4.71. The second-order valence-corrected chi connectivity index (χ2v) is 8.14. The Balaban J connectivity index is 4.84. The van der Waals surface area contributed by atoms with Crippen molar-refractivity contribution in [1.29, 1.82) is 0 Å². The Morgan fingerprint density at radius 1 is 0.880 bits per heavy atom. The van der Waals surface area contributed by atoms with Gasteiger partial charge in [-0.05, 0) is 73.6 Å². The van der Waals surface area contributed by atoms with Crippen molar-refractivity contribution in [2.45, 2.75) is 79.8 Å². The first-order valence-corrected chi connectivity index (χ1v) is 10.3. The molecule has 144 valence electrons. The third-order valence-electron chi connectivity index (χ3n) is 3.62. The lowest BCUT2D eigenvalue weighted by atomic mass is 10.0. The monoisotopic (exact) mass is 368 g/mol. The van der Waals surface area contributed by atoms with Crippen molar-refractivity contribution in [3.8, 4) is 0 Å². The second-order valence-electron chi connectivity index (χ2n) is 7.03. The summed E-state index contributed by atoms with van der Waals surface area (Å²) in [6.07, 6.45) is 11.2. The average Bonchev–Trinajstić information content (AvgIpc) is 2.42. The molecule has 0 N–H and O–H groups in total. The van der Waals surface area contributed by atoms with Gasteiger partial charge in [0.15, 0.2) is 0 Å². The highest BCUT2D eigenvalue weighted by Gasteiger charge is 2.08. The molecule has 0 aliphatic carbocycles. The quantitative estimate of drug-likeness (QED) is 0.381. The van der Waals surface area contributed by atoms with E-state index in [1.807, 2.05) is 33.8 Å². The first-order valence-electron chi connectivity index (χ1n) is 8.79. The van der Waals surface area contributed by atoms with Crippen LogP contribution in [0.4, 0.5) is 0 Å². The number of rotatable bonds is 11. The van der Waals surface area contributed by atoms with Crippen LogP contribution in [0.2, 0.25) is 0 Å². The molecule has 5 heteroatoms. The predicted molar refractivity (Wildman–Crippen MR) is 102 cm³/mol. The Hall–Kier alpha value is -0.930. The average molecular weight is 368 g/mol. The van der Waals surface area contributed by atoms with E-state index in [0.717, 1.165) is 36.8 Å². The molecule has 0 fully saturated rings. The number of hydrogen-bond donors (Lipinski definition) is 0. The molecular weight excluding hydrogens is 335 g/mol. The molecular formula is C20H33O4P-2. The van der Waals surface area contributed by atoms with Crippen LogP contribution < -0.4 is 9.79 Å². The molecule has 0 rings (SSSR count). The van der Waals surface area contributed by atoms with E-state index in [1.165, 1.54) is 11.1 Å². The molecule has 0 aliphatic rings. The van der Waals surface area contributed by atoms with Crippen molar-refractivity contribution < 1.29 is 18.9 Å². The summed E-state index contributed by atoms with van der Waals surface area (Å²) in [5, 5.41) is 0. The lowest BCUT2D eigenvalue weighted by Gasteiger charge is -2.32. The molecule has 0 saturated heterocycles. The van der Waals surface area contributed by atoms with Gasteiger partial charge in [0.05, 0.1) is 13.9 Å². The highest BCUT2D eigenvalue weighted by Crippen LogP contribution is 2.30. The van der Waals surface area contributed by atoms with Crippen LogP contribution in [0.25, 0.3) is 0 Å². The van der Waals surface area contributed by atoms with Gasteiger partial charge in [-0.15, -0.1) is 0 Å². The van der Waals surface area contributed by atoms with Crippen molar-refractivity contribution in [2.75, 3.05) is 0 Å². The van der Waals surface area contributed by atoms with Crippen LogP contribution >= 0.6 is 7.82 Å². The van der Waals surface area contributed by atoms with Crippen molar-refractivity contribution >= 4 is 7.82 Å². The van der Waals surface area contributed by atoms with E-state index in [4.69, 9.17) is 4.52 Å². The van der Waals surface area contributed by atoms with Crippen LogP contribution in [0.15, 0.2) is 46.6 Å². The zero-order chi connectivity index (χ0) is 19.5. The summed E-state index contributed by atoms with van der Waals surface area (Å²) in [7, 11) is -5.01. The van der Waals surface area contributed by atoms with Gasteiger partial charge in [0.25, 0.3) is 0 Å². The van der Waals surface area contributed by atoms with Gasteiger partial charge in [-0.3, -0.25) is 0 Å². The van der Waals surface area contributed by atoms with E-state index in [-0.39, 0.29) is 0 Å². The Labute approximate surface area is 153 Å². The maximum absolute atomic E-state index is 11.0. The topological polar surface area (TPSA) is 72.4 Å². The lowest BCUT2D eigenvalue weighted by molar-refractivity contribution is -0.343. The largest absolute Gasteiger partial charge is 0.790 e. The van der Waals surface area contributed by atoms with Crippen molar-refractivity contribution in [3.63, 3.8) is 0 Å². The summed E-state index contributed by atoms with van der Waals surface area (Å²) >= 11 is 0. The van der Waals surface area contributed by atoms with Crippen LogP contribution in [-0.2, 0) is 9.09 Å². The fourth-order valence-electron chi connectivity index (χ4n) is 2.30. The molecule has 0 radical (unpaired) electrons. The minimum atomic E-state index is -5.01. The fourth-order valence-corrected chi connectivity index (χ4v) is 2.78. The molecule has 0 bridgehead atoms. The molecule has 0 amide bonds. The molecule has 4 nitrogen and oxygen atoms in total. The van der Waals surface area contributed by atoms with Crippen LogP contribution in [0.3, 0.4) is 0 Å². The summed E-state index contributed by atoms with van der Waals surface area (Å²) < 4.78 is 15.7. The molecule has 0 heterocycles. The maximum atomic E-state index is 11.0. The van der Waals surface area contributed by atoms with E-state index in [0.29, 0.717) is 6.42 Å². The third kappa shape index (κ3) is 16.3. The summed E-state index contributed by atoms with van der Waals surface area (Å²) in [5.74, 6) is 0. The SMILES string of the molecule is CC(C)=CCC/C(C)=C/CC(/C=C(\C)CCC=C(C)C)OP(=O)([O-])[O-]. The predicted octanol–water partition coefficient (Wildman–Crippen LogP) is 4.98. The van der Waals surface area contributed by atoms with Crippen LogP contribution in [0.5, 0.6) is 0 Å². The Bertz CT molecular complexity index is 556. The van der Waals surface area contributed by atoms with Crippen LogP contribution in [-0.4, -0.2) is 6.10 Å². The molecule has 1 unspecified atom stereocenters. The third-order valence-corrected chi connectivity index (χ3v) is 4.15. The smallest absolute Gasteiger partial charge is 0.0845 e. The van der Waals surface area contributed by atoms with Crippen molar-refractivity contribution in [1.82, 2.24) is 0 Å². The van der Waals surface area contributed by atoms with E-state index in [9.17, 15) is 14.4 Å². The zero-order valence-electron chi connectivity index (χ0n) is 16.5. The van der Waals surface area contributed by atoms with E-state index >= 15 is 0 Å². The summed E-state index contributed by atoms with van der Waals surface area (Å²) in [6.45, 7) is 12.1. The first kappa shape index (κ1) is 24.1. The lowest BCUT2D eigenvalue weighted by Crippen LogP contribution is -2.21. The normalized spacial score (nSPS) is 14.2. The van der Waals surface area contributed by atoms with Gasteiger partial charge in [-0.2, -0.15) is 0 Å². The maximum Gasteiger partial charge on any atom is 0.0845 e. The Kier molecular flexibility index (Phi) is 12.0. The molecule has 0 aromatic rings. The highest BCUT2D eigenvalue weighted by molar-refractivity contribution is 7.43. The van der Waals surface area contributed by atoms with Crippen LogP contribution in [0, 0.1) is 0 Å². The molecule has 0 saturated carbocycles. The minimum Gasteiger partial charge on any atom is -0.790 e. The van der Waals surface area contributed by atoms with Gasteiger partial charge in [-0.25, -0.2) is 0 Å². The Morgan fingerprint density at radius 3 is 1.80 bits per heavy atom. The molecule has 25 heavy (non-hydrogen) atoms. The molecule has 0 aromatic carbocycles. The standard InChI is InChI=1S/C20H35O4P/c1-16(2)9-7-11-18(5)13-14-20(24-25(21,22)23)15-19(6)12-8-10-17(3)4/h9-10,13,15,20H,7-8,11-12,14H2,1-6H3,(H2,21,22,23)/p-2/b18-13+,19-15+.